The van der Waals surface area contributed by atoms with Crippen LogP contribution in [0.3, 0.4) is 0 Å². The van der Waals surface area contributed by atoms with Gasteiger partial charge in [0.2, 0.25) is 0 Å². The summed E-state index contributed by atoms with van der Waals surface area (Å²) in [5.74, 6) is -0.878. The lowest BCUT2D eigenvalue weighted by molar-refractivity contribution is 0.0692. The number of carbonyl (C=O) groups is 1. The van der Waals surface area contributed by atoms with E-state index in [1.54, 1.807) is 30.5 Å². The zero-order chi connectivity index (χ0) is 13.0. The molecule has 4 nitrogen and oxygen atoms in total. The van der Waals surface area contributed by atoms with Crippen molar-refractivity contribution in [2.24, 2.45) is 0 Å². The molecule has 2 rings (SSSR count). The second-order valence-corrected chi connectivity index (χ2v) is 3.94. The molecule has 0 bridgehead atoms. The topological polar surface area (TPSA) is 59.4 Å². The number of nitrogens with zero attached hydrogens (tertiary/aromatic N) is 1. The van der Waals surface area contributed by atoms with Crippen molar-refractivity contribution < 1.29 is 14.6 Å². The maximum Gasteiger partial charge on any atom is 0.341 e. The molecule has 92 valence electrons. The van der Waals surface area contributed by atoms with E-state index in [1.807, 2.05) is 6.07 Å². The van der Waals surface area contributed by atoms with Crippen molar-refractivity contribution >= 4 is 17.6 Å². The first-order chi connectivity index (χ1) is 8.68. The number of hydrogen-bond acceptors (Lipinski definition) is 3. The van der Waals surface area contributed by atoms with Crippen molar-refractivity contribution in [3.63, 3.8) is 0 Å². The number of benzene rings is 1. The Morgan fingerprint density at radius 2 is 2.11 bits per heavy atom. The molecule has 1 aromatic carbocycles. The SMILES string of the molecule is O=C(O)c1c(Cl)cccc1OCc1ccccn1. The quantitative estimate of drug-likeness (QED) is 0.921. The van der Waals surface area contributed by atoms with E-state index in [9.17, 15) is 4.79 Å². The first-order valence-electron chi connectivity index (χ1n) is 5.23. The normalized spacial score (nSPS) is 10.1. The highest BCUT2D eigenvalue weighted by molar-refractivity contribution is 6.33. The van der Waals surface area contributed by atoms with Gasteiger partial charge in [-0.15, -0.1) is 0 Å². The summed E-state index contributed by atoms with van der Waals surface area (Å²) in [5.41, 5.74) is 0.684. The highest BCUT2D eigenvalue weighted by Crippen LogP contribution is 2.26. The molecule has 0 aliphatic rings. The number of carboxylic acids is 1. The van der Waals surface area contributed by atoms with Crippen molar-refractivity contribution in [1.29, 1.82) is 0 Å². The molecule has 0 spiro atoms. The van der Waals surface area contributed by atoms with E-state index >= 15 is 0 Å². The number of carboxylic acid groups (broad SMARTS) is 1. The van der Waals surface area contributed by atoms with Crippen LogP contribution in [0.25, 0.3) is 0 Å². The summed E-state index contributed by atoms with van der Waals surface area (Å²) in [6.45, 7) is 0.196. The number of rotatable bonds is 4. The van der Waals surface area contributed by atoms with Gasteiger partial charge in [-0.1, -0.05) is 23.7 Å². The van der Waals surface area contributed by atoms with Crippen LogP contribution in [-0.4, -0.2) is 16.1 Å². The largest absolute Gasteiger partial charge is 0.486 e. The summed E-state index contributed by atoms with van der Waals surface area (Å²) in [5, 5.41) is 9.22. The monoisotopic (exact) mass is 263 g/mol. The molecule has 0 fully saturated rings. The Morgan fingerprint density at radius 1 is 1.28 bits per heavy atom. The molecule has 0 aliphatic heterocycles. The minimum Gasteiger partial charge on any atom is -0.486 e. The Balaban J connectivity index is 2.20. The fraction of sp³-hybridized carbons (Fsp3) is 0.0769. The molecule has 18 heavy (non-hydrogen) atoms. The van der Waals surface area contributed by atoms with Crippen LogP contribution in [0, 0.1) is 0 Å². The van der Waals surface area contributed by atoms with Crippen LogP contribution < -0.4 is 4.74 Å². The molecule has 0 radical (unpaired) electrons. The van der Waals surface area contributed by atoms with Gasteiger partial charge in [-0.25, -0.2) is 4.79 Å². The molecular formula is C13H10ClNO3. The van der Waals surface area contributed by atoms with Gasteiger partial charge in [0.15, 0.2) is 0 Å². The highest BCUT2D eigenvalue weighted by Gasteiger charge is 2.15. The third kappa shape index (κ3) is 2.78. The van der Waals surface area contributed by atoms with Crippen molar-refractivity contribution in [3.05, 3.63) is 58.9 Å². The van der Waals surface area contributed by atoms with Crippen LogP contribution in [0.4, 0.5) is 0 Å². The van der Waals surface area contributed by atoms with Gasteiger partial charge < -0.3 is 9.84 Å². The summed E-state index contributed by atoms with van der Waals surface area (Å²) in [4.78, 5) is 15.2. The first kappa shape index (κ1) is 12.4. The standard InChI is InChI=1S/C13H10ClNO3/c14-10-5-3-6-11(12(10)13(16)17)18-8-9-4-1-2-7-15-9/h1-7H,8H2,(H,16,17). The van der Waals surface area contributed by atoms with Crippen LogP contribution in [0.1, 0.15) is 16.1 Å². The van der Waals surface area contributed by atoms with Gasteiger partial charge in [0.25, 0.3) is 0 Å². The maximum atomic E-state index is 11.1. The number of hydrogen-bond donors (Lipinski definition) is 1. The second-order valence-electron chi connectivity index (χ2n) is 3.53. The van der Waals surface area contributed by atoms with E-state index in [-0.39, 0.29) is 22.9 Å². The zero-order valence-corrected chi connectivity index (χ0v) is 10.1. The first-order valence-corrected chi connectivity index (χ1v) is 5.61. The summed E-state index contributed by atoms with van der Waals surface area (Å²) in [6.07, 6.45) is 1.65. The molecule has 0 amide bonds. The predicted molar refractivity (Wildman–Crippen MR) is 67.0 cm³/mol. The third-order valence-corrected chi connectivity index (χ3v) is 2.61. The Morgan fingerprint density at radius 3 is 2.78 bits per heavy atom. The summed E-state index contributed by atoms with van der Waals surface area (Å²) in [6, 6.07) is 10.2. The Hall–Kier alpha value is -2.07. The lowest BCUT2D eigenvalue weighted by Crippen LogP contribution is -2.04. The molecule has 0 saturated carbocycles. The van der Waals surface area contributed by atoms with Gasteiger partial charge in [0.1, 0.15) is 17.9 Å². The van der Waals surface area contributed by atoms with E-state index in [2.05, 4.69) is 4.98 Å². The average Bonchev–Trinajstić information content (AvgIpc) is 2.37. The minimum absolute atomic E-state index is 0.0323. The summed E-state index contributed by atoms with van der Waals surface area (Å²) < 4.78 is 5.44. The Labute approximate surface area is 109 Å². The fourth-order valence-corrected chi connectivity index (χ4v) is 1.71. The van der Waals surface area contributed by atoms with Crippen molar-refractivity contribution in [3.8, 4) is 5.75 Å². The van der Waals surface area contributed by atoms with Gasteiger partial charge in [-0.2, -0.15) is 0 Å². The van der Waals surface area contributed by atoms with Crippen molar-refractivity contribution in [1.82, 2.24) is 4.98 Å². The molecule has 1 heterocycles. The number of pyridine rings is 1. The molecule has 0 saturated heterocycles. The lowest BCUT2D eigenvalue weighted by Gasteiger charge is -2.09. The van der Waals surface area contributed by atoms with Crippen LogP contribution in [-0.2, 0) is 6.61 Å². The van der Waals surface area contributed by atoms with Gasteiger partial charge >= 0.3 is 5.97 Å². The molecule has 0 aliphatic carbocycles. The van der Waals surface area contributed by atoms with Crippen LogP contribution in [0.2, 0.25) is 5.02 Å². The van der Waals surface area contributed by atoms with Gasteiger partial charge in [0, 0.05) is 6.20 Å². The van der Waals surface area contributed by atoms with E-state index < -0.39 is 5.97 Å². The van der Waals surface area contributed by atoms with E-state index in [4.69, 9.17) is 21.4 Å². The molecule has 2 aromatic rings. The molecular weight excluding hydrogens is 254 g/mol. The van der Waals surface area contributed by atoms with Crippen molar-refractivity contribution in [2.75, 3.05) is 0 Å². The minimum atomic E-state index is -1.11. The predicted octanol–water partition coefficient (Wildman–Crippen LogP) is 3.01. The van der Waals surface area contributed by atoms with Crippen molar-refractivity contribution in [2.45, 2.75) is 6.61 Å². The molecule has 0 atom stereocenters. The van der Waals surface area contributed by atoms with Gasteiger partial charge in [0.05, 0.1) is 10.7 Å². The lowest BCUT2D eigenvalue weighted by atomic mass is 10.2. The zero-order valence-electron chi connectivity index (χ0n) is 9.34. The van der Waals surface area contributed by atoms with Crippen LogP contribution >= 0.6 is 11.6 Å². The number of aromatic carboxylic acids is 1. The molecule has 1 N–H and O–H groups in total. The summed E-state index contributed by atoms with van der Waals surface area (Å²) >= 11 is 5.83. The van der Waals surface area contributed by atoms with Crippen LogP contribution in [0.5, 0.6) is 5.75 Å². The number of ether oxygens (including phenoxy) is 1. The molecule has 0 unspecified atom stereocenters. The van der Waals surface area contributed by atoms with Gasteiger partial charge in [-0.05, 0) is 24.3 Å². The van der Waals surface area contributed by atoms with E-state index in [1.165, 1.54) is 6.07 Å². The van der Waals surface area contributed by atoms with E-state index in [0.717, 1.165) is 0 Å². The van der Waals surface area contributed by atoms with Crippen LogP contribution in [0.15, 0.2) is 42.6 Å². The molecule has 5 heteroatoms. The van der Waals surface area contributed by atoms with E-state index in [0.29, 0.717) is 5.69 Å². The second kappa shape index (κ2) is 5.51. The average molecular weight is 264 g/mol. The smallest absolute Gasteiger partial charge is 0.341 e. The van der Waals surface area contributed by atoms with Gasteiger partial charge in [-0.3, -0.25) is 4.98 Å². The maximum absolute atomic E-state index is 11.1. The fourth-order valence-electron chi connectivity index (χ4n) is 1.47. The summed E-state index contributed by atoms with van der Waals surface area (Å²) in [7, 11) is 0. The Kier molecular flexibility index (Phi) is 3.79. The Bertz CT molecular complexity index is 557. The number of aromatic nitrogens is 1. The third-order valence-electron chi connectivity index (χ3n) is 2.29. The molecule has 1 aromatic heterocycles. The highest BCUT2D eigenvalue weighted by atomic mass is 35.5. The number of halogens is 1.